The van der Waals surface area contributed by atoms with Crippen LogP contribution in [0.5, 0.6) is 0 Å². The summed E-state index contributed by atoms with van der Waals surface area (Å²) in [7, 11) is 1.82. The van der Waals surface area contributed by atoms with Gasteiger partial charge in [-0.05, 0) is 82.7 Å². The van der Waals surface area contributed by atoms with E-state index in [4.69, 9.17) is 0 Å². The molecular formula is C34H45N3O2. The summed E-state index contributed by atoms with van der Waals surface area (Å²) in [6, 6.07) is 15.2. The fourth-order valence-electron chi connectivity index (χ4n) is 6.95. The van der Waals surface area contributed by atoms with Crippen molar-refractivity contribution in [2.45, 2.75) is 90.8 Å². The van der Waals surface area contributed by atoms with E-state index < -0.39 is 0 Å². The molecule has 3 aromatic rings. The van der Waals surface area contributed by atoms with Crippen LogP contribution in [0.15, 0.2) is 48.7 Å². The number of carbonyl (C=O) groups excluding carboxylic acids is 2. The molecule has 3 unspecified atom stereocenters. The summed E-state index contributed by atoms with van der Waals surface area (Å²) in [6.45, 7) is 7.82. The van der Waals surface area contributed by atoms with Gasteiger partial charge in [0, 0.05) is 54.1 Å². The largest absolute Gasteiger partial charge is 0.345 e. The molecule has 0 radical (unpaired) electrons. The Morgan fingerprint density at radius 3 is 2.49 bits per heavy atom. The Bertz CT molecular complexity index is 1320. The number of nitrogens with one attached hydrogen (secondary N) is 1. The van der Waals surface area contributed by atoms with Gasteiger partial charge in [0.25, 0.3) is 0 Å². The van der Waals surface area contributed by atoms with Gasteiger partial charge in [-0.1, -0.05) is 55.2 Å². The molecule has 2 fully saturated rings. The van der Waals surface area contributed by atoms with Crippen molar-refractivity contribution in [1.29, 1.82) is 0 Å². The van der Waals surface area contributed by atoms with Gasteiger partial charge in [0.2, 0.25) is 5.91 Å². The molecule has 1 saturated heterocycles. The molecule has 5 nitrogen and oxygen atoms in total. The zero-order chi connectivity index (χ0) is 27.5. The molecule has 2 aliphatic rings. The van der Waals surface area contributed by atoms with Crippen molar-refractivity contribution < 1.29 is 9.59 Å². The van der Waals surface area contributed by atoms with Gasteiger partial charge in [0.1, 0.15) is 5.78 Å². The highest BCUT2D eigenvalue weighted by atomic mass is 16.2. The van der Waals surface area contributed by atoms with Gasteiger partial charge < -0.3 is 14.8 Å². The lowest BCUT2D eigenvalue weighted by molar-refractivity contribution is -0.141. The lowest BCUT2D eigenvalue weighted by Crippen LogP contribution is -2.45. The highest BCUT2D eigenvalue weighted by molar-refractivity contribution is 5.97. The van der Waals surface area contributed by atoms with Crippen LogP contribution in [0, 0.1) is 25.7 Å². The van der Waals surface area contributed by atoms with Crippen molar-refractivity contribution in [3.8, 4) is 11.1 Å². The van der Waals surface area contributed by atoms with Crippen LogP contribution in [0.2, 0.25) is 0 Å². The number of aryl methyl sites for hydroxylation is 2. The molecule has 0 bridgehead atoms. The molecule has 208 valence electrons. The van der Waals surface area contributed by atoms with Crippen LogP contribution in [0.3, 0.4) is 0 Å². The van der Waals surface area contributed by atoms with Crippen LogP contribution in [0.1, 0.15) is 69.4 Å². The van der Waals surface area contributed by atoms with E-state index in [1.165, 1.54) is 52.4 Å². The number of benzene rings is 2. The van der Waals surface area contributed by atoms with Crippen LogP contribution in [-0.2, 0) is 16.1 Å². The van der Waals surface area contributed by atoms with Gasteiger partial charge in [0.15, 0.2) is 0 Å². The predicted molar refractivity (Wildman–Crippen MR) is 160 cm³/mol. The number of fused-ring (bicyclic) bond motifs is 1. The van der Waals surface area contributed by atoms with Gasteiger partial charge in [-0.2, -0.15) is 0 Å². The number of ketones is 1. The average Bonchev–Trinajstić information content (AvgIpc) is 3.56. The molecule has 0 spiro atoms. The van der Waals surface area contributed by atoms with Gasteiger partial charge in [-0.25, -0.2) is 0 Å². The molecule has 2 heterocycles. The van der Waals surface area contributed by atoms with Crippen LogP contribution in [0.25, 0.3) is 22.0 Å². The third-order valence-corrected chi connectivity index (χ3v) is 9.41. The molecule has 3 atom stereocenters. The predicted octanol–water partition coefficient (Wildman–Crippen LogP) is 6.68. The minimum Gasteiger partial charge on any atom is -0.345 e. The highest BCUT2D eigenvalue weighted by Crippen LogP contribution is 2.37. The van der Waals surface area contributed by atoms with Crippen molar-refractivity contribution in [3.63, 3.8) is 0 Å². The lowest BCUT2D eigenvalue weighted by atomic mass is 9.76. The maximum Gasteiger partial charge on any atom is 0.226 e. The monoisotopic (exact) mass is 527 g/mol. The third kappa shape index (κ3) is 5.84. The SMILES string of the molecule is CNC(C)C(=O)CC(C(=O)N1CCCC1Cn1cc(-c2ccccc2C)c2cc(C)ccc21)C1CCCCC1. The van der Waals surface area contributed by atoms with Gasteiger partial charge in [0.05, 0.1) is 6.04 Å². The van der Waals surface area contributed by atoms with Crippen LogP contribution >= 0.6 is 0 Å². The van der Waals surface area contributed by atoms with Gasteiger partial charge in [-0.15, -0.1) is 0 Å². The van der Waals surface area contributed by atoms with Crippen molar-refractivity contribution in [1.82, 2.24) is 14.8 Å². The van der Waals surface area contributed by atoms with Gasteiger partial charge in [-0.3, -0.25) is 9.59 Å². The van der Waals surface area contributed by atoms with E-state index in [0.717, 1.165) is 38.8 Å². The number of nitrogens with zero attached hydrogens (tertiary/aromatic N) is 2. The summed E-state index contributed by atoms with van der Waals surface area (Å²) < 4.78 is 2.37. The fraction of sp³-hybridized carbons (Fsp3) is 0.529. The van der Waals surface area contributed by atoms with E-state index in [9.17, 15) is 9.59 Å². The summed E-state index contributed by atoms with van der Waals surface area (Å²) in [4.78, 5) is 29.4. The van der Waals surface area contributed by atoms with E-state index in [2.05, 4.69) is 77.3 Å². The van der Waals surface area contributed by atoms with Gasteiger partial charge >= 0.3 is 0 Å². The van der Waals surface area contributed by atoms with E-state index in [1.807, 2.05) is 14.0 Å². The number of carbonyl (C=O) groups is 2. The fourth-order valence-corrected chi connectivity index (χ4v) is 6.95. The van der Waals surface area contributed by atoms with Crippen LogP contribution in [-0.4, -0.2) is 46.8 Å². The molecule has 2 aromatic carbocycles. The number of hydrogen-bond donors (Lipinski definition) is 1. The second-order valence-corrected chi connectivity index (χ2v) is 12.0. The van der Waals surface area contributed by atoms with E-state index in [-0.39, 0.29) is 29.7 Å². The molecule has 1 N–H and O–H groups in total. The van der Waals surface area contributed by atoms with Crippen molar-refractivity contribution in [3.05, 3.63) is 59.8 Å². The molecule has 39 heavy (non-hydrogen) atoms. The zero-order valence-electron chi connectivity index (χ0n) is 24.2. The molecule has 5 rings (SSSR count). The van der Waals surface area contributed by atoms with Crippen molar-refractivity contribution in [2.75, 3.05) is 13.6 Å². The Kier molecular flexibility index (Phi) is 8.56. The number of Topliss-reactive ketones (excluding diaryl/α,β-unsaturated/α-hetero) is 1. The number of rotatable bonds is 9. The van der Waals surface area contributed by atoms with Crippen molar-refractivity contribution >= 4 is 22.6 Å². The summed E-state index contributed by atoms with van der Waals surface area (Å²) in [5, 5.41) is 4.36. The Morgan fingerprint density at radius 2 is 1.74 bits per heavy atom. The zero-order valence-corrected chi connectivity index (χ0v) is 24.2. The smallest absolute Gasteiger partial charge is 0.226 e. The quantitative estimate of drug-likeness (QED) is 0.338. The number of likely N-dealkylation sites (tertiary alicyclic amines) is 1. The number of amides is 1. The number of aromatic nitrogens is 1. The number of hydrogen-bond acceptors (Lipinski definition) is 3. The summed E-state index contributed by atoms with van der Waals surface area (Å²) >= 11 is 0. The summed E-state index contributed by atoms with van der Waals surface area (Å²) in [5.74, 6) is 0.503. The lowest BCUT2D eigenvalue weighted by Gasteiger charge is -2.35. The summed E-state index contributed by atoms with van der Waals surface area (Å²) in [5.41, 5.74) is 6.27. The molecule has 1 amide bonds. The first-order valence-electron chi connectivity index (χ1n) is 15.0. The van der Waals surface area contributed by atoms with E-state index >= 15 is 0 Å². The van der Waals surface area contributed by atoms with Crippen molar-refractivity contribution in [2.24, 2.45) is 11.8 Å². The standard InChI is InChI=1S/C34H45N3O2/c1-23-16-17-32-30(19-23)31(28-15-9-8-11-24(28)2)22-36(32)21-27-14-10-18-37(27)34(39)29(20-33(38)25(3)35-4)26-12-6-5-7-13-26/h8-9,11,15-17,19,22,25-27,29,35H,5-7,10,12-14,18,20-21H2,1-4H3. The third-order valence-electron chi connectivity index (χ3n) is 9.41. The maximum atomic E-state index is 14.2. The first-order chi connectivity index (χ1) is 18.9. The Hall–Kier alpha value is -2.92. The minimum absolute atomic E-state index is 0.155. The van der Waals surface area contributed by atoms with Crippen LogP contribution in [0.4, 0.5) is 0 Å². The molecule has 1 aliphatic carbocycles. The average molecular weight is 528 g/mol. The second-order valence-electron chi connectivity index (χ2n) is 12.0. The van der Waals surface area contributed by atoms with E-state index in [1.54, 1.807) is 0 Å². The molecule has 5 heteroatoms. The molecular weight excluding hydrogens is 482 g/mol. The summed E-state index contributed by atoms with van der Waals surface area (Å²) in [6.07, 6.45) is 10.4. The first-order valence-corrected chi connectivity index (χ1v) is 15.0. The minimum atomic E-state index is -0.215. The Labute approximate surface area is 234 Å². The van der Waals surface area contributed by atoms with Crippen LogP contribution < -0.4 is 5.32 Å². The van der Waals surface area contributed by atoms with E-state index in [0.29, 0.717) is 12.3 Å². The Morgan fingerprint density at radius 1 is 0.974 bits per heavy atom. The maximum absolute atomic E-state index is 14.2. The highest BCUT2D eigenvalue weighted by Gasteiger charge is 2.39. The number of likely N-dealkylation sites (N-methyl/N-ethyl adjacent to an activating group) is 1. The Balaban J connectivity index is 1.43. The molecule has 1 aliphatic heterocycles. The second kappa shape index (κ2) is 12.1. The molecule has 1 saturated carbocycles. The normalized spacial score (nSPS) is 19.9. The first kappa shape index (κ1) is 27.6. The topological polar surface area (TPSA) is 54.3 Å². The molecule has 1 aromatic heterocycles.